The summed E-state index contributed by atoms with van der Waals surface area (Å²) in [6.45, 7) is 0.197. The molecule has 0 aliphatic carbocycles. The van der Waals surface area contributed by atoms with Crippen LogP contribution in [0.4, 0.5) is 0 Å². The molecule has 3 N–H and O–H groups in total. The van der Waals surface area contributed by atoms with Gasteiger partial charge in [0, 0.05) is 17.4 Å². The third-order valence-electron chi connectivity index (χ3n) is 3.57. The lowest BCUT2D eigenvalue weighted by Crippen LogP contribution is -2.35. The average Bonchev–Trinajstić information content (AvgIpc) is 2.65. The van der Waals surface area contributed by atoms with Gasteiger partial charge in [-0.1, -0.05) is 42.5 Å². The first-order valence-electron chi connectivity index (χ1n) is 8.30. The van der Waals surface area contributed by atoms with Crippen molar-refractivity contribution in [3.05, 3.63) is 75.9 Å². The Morgan fingerprint density at radius 1 is 1.00 bits per heavy atom. The lowest BCUT2D eigenvalue weighted by molar-refractivity contribution is -0.137. The van der Waals surface area contributed by atoms with Crippen molar-refractivity contribution in [2.75, 3.05) is 6.54 Å². The first kappa shape index (κ1) is 20.4. The summed E-state index contributed by atoms with van der Waals surface area (Å²) in [5.74, 6) is -1.83. The molecular formula is C20H19BrN2O4. The molecule has 0 aliphatic rings. The normalized spacial score (nSPS) is 10.9. The largest absolute Gasteiger partial charge is 0.481 e. The minimum atomic E-state index is -0.925. The molecule has 2 amide bonds. The number of benzene rings is 2. The molecule has 140 valence electrons. The molecule has 0 saturated heterocycles. The molecule has 0 fully saturated rings. The van der Waals surface area contributed by atoms with Crippen molar-refractivity contribution >= 4 is 39.8 Å². The van der Waals surface area contributed by atoms with E-state index in [0.717, 1.165) is 5.56 Å². The Morgan fingerprint density at radius 3 is 2.33 bits per heavy atom. The number of hydrogen-bond acceptors (Lipinski definition) is 3. The van der Waals surface area contributed by atoms with Gasteiger partial charge in [-0.05, 0) is 46.1 Å². The Morgan fingerprint density at radius 2 is 1.67 bits per heavy atom. The van der Waals surface area contributed by atoms with Crippen LogP contribution >= 0.6 is 15.9 Å². The van der Waals surface area contributed by atoms with Crippen molar-refractivity contribution in [2.24, 2.45) is 0 Å². The molecule has 0 heterocycles. The van der Waals surface area contributed by atoms with Gasteiger partial charge in [-0.3, -0.25) is 14.4 Å². The van der Waals surface area contributed by atoms with Crippen LogP contribution in [0.25, 0.3) is 6.08 Å². The topological polar surface area (TPSA) is 95.5 Å². The summed E-state index contributed by atoms with van der Waals surface area (Å²) >= 11 is 3.32. The predicted octanol–water partition coefficient (Wildman–Crippen LogP) is 3.20. The summed E-state index contributed by atoms with van der Waals surface area (Å²) in [5.41, 5.74) is 1.23. The number of carbonyl (C=O) groups is 3. The number of halogens is 1. The van der Waals surface area contributed by atoms with Gasteiger partial charge in [0.1, 0.15) is 5.70 Å². The summed E-state index contributed by atoms with van der Waals surface area (Å²) in [4.78, 5) is 35.6. The monoisotopic (exact) mass is 430 g/mol. The van der Waals surface area contributed by atoms with Crippen LogP contribution in [0.2, 0.25) is 0 Å². The van der Waals surface area contributed by atoms with E-state index in [9.17, 15) is 14.4 Å². The van der Waals surface area contributed by atoms with Gasteiger partial charge in [0.05, 0.1) is 5.56 Å². The zero-order chi connectivity index (χ0) is 19.6. The van der Waals surface area contributed by atoms with Crippen LogP contribution in [0.3, 0.4) is 0 Å². The third kappa shape index (κ3) is 6.71. The number of nitrogens with one attached hydrogen (secondary N) is 2. The number of carboxylic acid groups (broad SMARTS) is 1. The fourth-order valence-corrected chi connectivity index (χ4v) is 2.71. The van der Waals surface area contributed by atoms with E-state index in [-0.39, 0.29) is 18.7 Å². The number of rotatable bonds is 8. The van der Waals surface area contributed by atoms with Gasteiger partial charge < -0.3 is 15.7 Å². The molecule has 27 heavy (non-hydrogen) atoms. The summed E-state index contributed by atoms with van der Waals surface area (Å²) in [5, 5.41) is 13.9. The SMILES string of the molecule is O=C(O)CCCNC(=O)C(=Cc1ccccc1)NC(=O)c1ccccc1Br. The van der Waals surface area contributed by atoms with Crippen LogP contribution < -0.4 is 10.6 Å². The first-order chi connectivity index (χ1) is 13.0. The Kier molecular flexibility index (Phi) is 7.76. The van der Waals surface area contributed by atoms with Crippen molar-refractivity contribution in [2.45, 2.75) is 12.8 Å². The minimum absolute atomic E-state index is 0.0403. The molecule has 0 radical (unpaired) electrons. The highest BCUT2D eigenvalue weighted by Crippen LogP contribution is 2.16. The fraction of sp³-hybridized carbons (Fsp3) is 0.150. The summed E-state index contributed by atoms with van der Waals surface area (Å²) in [6.07, 6.45) is 1.83. The Balaban J connectivity index is 2.16. The molecule has 0 unspecified atom stereocenters. The molecule has 2 aromatic rings. The molecule has 6 nitrogen and oxygen atoms in total. The molecule has 0 spiro atoms. The predicted molar refractivity (Wildman–Crippen MR) is 106 cm³/mol. The maximum Gasteiger partial charge on any atom is 0.303 e. The molecule has 0 atom stereocenters. The highest BCUT2D eigenvalue weighted by Gasteiger charge is 2.16. The lowest BCUT2D eigenvalue weighted by Gasteiger charge is -2.12. The summed E-state index contributed by atoms with van der Waals surface area (Å²) < 4.78 is 0.614. The second-order valence-corrected chi connectivity index (χ2v) is 6.51. The van der Waals surface area contributed by atoms with Crippen molar-refractivity contribution in [3.8, 4) is 0 Å². The van der Waals surface area contributed by atoms with Gasteiger partial charge in [-0.2, -0.15) is 0 Å². The molecule has 0 aliphatic heterocycles. The molecule has 7 heteroatoms. The molecule has 0 aromatic heterocycles. The quantitative estimate of drug-likeness (QED) is 0.442. The van der Waals surface area contributed by atoms with Crippen LogP contribution in [0, 0.1) is 0 Å². The Labute approximate surface area is 165 Å². The molecule has 0 saturated carbocycles. The van der Waals surface area contributed by atoms with E-state index in [2.05, 4.69) is 26.6 Å². The number of amides is 2. The van der Waals surface area contributed by atoms with Gasteiger partial charge >= 0.3 is 5.97 Å². The first-order valence-corrected chi connectivity index (χ1v) is 9.09. The van der Waals surface area contributed by atoms with Crippen LogP contribution in [0.5, 0.6) is 0 Å². The molecule has 2 rings (SSSR count). The maximum atomic E-state index is 12.6. The van der Waals surface area contributed by atoms with Crippen LogP contribution in [0.15, 0.2) is 64.8 Å². The standard InChI is InChI=1S/C20H19BrN2O4/c21-16-10-5-4-9-15(16)19(26)23-17(13-14-7-2-1-3-8-14)20(27)22-12-6-11-18(24)25/h1-5,7-10,13H,6,11-12H2,(H,22,27)(H,23,26)(H,24,25). The van der Waals surface area contributed by atoms with Crippen LogP contribution in [-0.4, -0.2) is 29.4 Å². The van der Waals surface area contributed by atoms with Gasteiger partial charge in [0.15, 0.2) is 0 Å². The van der Waals surface area contributed by atoms with Gasteiger partial charge in [0.25, 0.3) is 11.8 Å². The third-order valence-corrected chi connectivity index (χ3v) is 4.27. The van der Waals surface area contributed by atoms with E-state index in [1.54, 1.807) is 30.3 Å². The lowest BCUT2D eigenvalue weighted by atomic mass is 10.1. The second-order valence-electron chi connectivity index (χ2n) is 5.66. The van der Waals surface area contributed by atoms with Crippen molar-refractivity contribution < 1.29 is 19.5 Å². The van der Waals surface area contributed by atoms with E-state index < -0.39 is 17.8 Å². The van der Waals surface area contributed by atoms with E-state index >= 15 is 0 Å². The van der Waals surface area contributed by atoms with Crippen LogP contribution in [0.1, 0.15) is 28.8 Å². The van der Waals surface area contributed by atoms with Crippen molar-refractivity contribution in [1.82, 2.24) is 10.6 Å². The van der Waals surface area contributed by atoms with Crippen molar-refractivity contribution in [3.63, 3.8) is 0 Å². The van der Waals surface area contributed by atoms with Crippen LogP contribution in [-0.2, 0) is 9.59 Å². The molecule has 0 bridgehead atoms. The average molecular weight is 431 g/mol. The van der Waals surface area contributed by atoms with Gasteiger partial charge in [0.2, 0.25) is 0 Å². The number of carbonyl (C=O) groups excluding carboxylic acids is 2. The van der Waals surface area contributed by atoms with Crippen molar-refractivity contribution in [1.29, 1.82) is 0 Å². The van der Waals surface area contributed by atoms with E-state index in [4.69, 9.17) is 5.11 Å². The minimum Gasteiger partial charge on any atom is -0.481 e. The second kappa shape index (κ2) is 10.3. The van der Waals surface area contributed by atoms with Gasteiger partial charge in [-0.15, -0.1) is 0 Å². The smallest absolute Gasteiger partial charge is 0.303 e. The Bertz CT molecular complexity index is 850. The van der Waals surface area contributed by atoms with E-state index in [1.165, 1.54) is 0 Å². The van der Waals surface area contributed by atoms with E-state index in [1.807, 2.05) is 30.3 Å². The summed E-state index contributed by atoms with van der Waals surface area (Å²) in [6, 6.07) is 16.0. The number of carboxylic acids is 1. The molecular weight excluding hydrogens is 412 g/mol. The highest BCUT2D eigenvalue weighted by molar-refractivity contribution is 9.10. The maximum absolute atomic E-state index is 12.6. The Hall–Kier alpha value is -2.93. The zero-order valence-electron chi connectivity index (χ0n) is 14.4. The summed E-state index contributed by atoms with van der Waals surface area (Å²) in [7, 11) is 0. The number of aliphatic carboxylic acids is 1. The fourth-order valence-electron chi connectivity index (χ4n) is 2.25. The molecule has 2 aromatic carbocycles. The zero-order valence-corrected chi connectivity index (χ0v) is 16.0. The van der Waals surface area contributed by atoms with Gasteiger partial charge in [-0.25, -0.2) is 0 Å². The highest BCUT2D eigenvalue weighted by atomic mass is 79.9. The van der Waals surface area contributed by atoms with E-state index in [0.29, 0.717) is 16.5 Å². The number of hydrogen-bond donors (Lipinski definition) is 3.